The van der Waals surface area contributed by atoms with Crippen molar-refractivity contribution in [2.45, 2.75) is 6.92 Å². The van der Waals surface area contributed by atoms with Crippen molar-refractivity contribution >= 4 is 11.5 Å². The third-order valence-corrected chi connectivity index (χ3v) is 4.44. The van der Waals surface area contributed by atoms with Gasteiger partial charge in [0, 0.05) is 23.5 Å². The predicted molar refractivity (Wildman–Crippen MR) is 106 cm³/mol. The van der Waals surface area contributed by atoms with E-state index in [0.29, 0.717) is 29.1 Å². The van der Waals surface area contributed by atoms with Crippen LogP contribution in [0.15, 0.2) is 67.0 Å². The molecule has 0 saturated heterocycles. The van der Waals surface area contributed by atoms with Crippen LogP contribution in [0, 0.1) is 0 Å². The maximum Gasteiger partial charge on any atom is 0.342 e. The zero-order valence-corrected chi connectivity index (χ0v) is 15.6. The average molecular weight is 373 g/mol. The molecule has 0 aliphatic carbocycles. The minimum Gasteiger partial charge on any atom is -0.496 e. The van der Waals surface area contributed by atoms with Gasteiger partial charge in [-0.2, -0.15) is 5.10 Å². The molecule has 1 aromatic carbocycles. The fraction of sp³-hybridized carbons (Fsp3) is 0.136. The second-order valence-electron chi connectivity index (χ2n) is 6.10. The minimum absolute atomic E-state index is 0.296. The van der Waals surface area contributed by atoms with Gasteiger partial charge >= 0.3 is 5.97 Å². The molecule has 0 bridgehead atoms. The topological polar surface area (TPSA) is 65.7 Å². The Bertz CT molecular complexity index is 1140. The lowest BCUT2D eigenvalue weighted by Crippen LogP contribution is -2.05. The van der Waals surface area contributed by atoms with Gasteiger partial charge in [0.1, 0.15) is 17.0 Å². The van der Waals surface area contributed by atoms with Crippen LogP contribution in [0.3, 0.4) is 0 Å². The summed E-state index contributed by atoms with van der Waals surface area (Å²) in [6.45, 7) is 2.08. The summed E-state index contributed by atoms with van der Waals surface area (Å²) >= 11 is 0. The summed E-state index contributed by atoms with van der Waals surface area (Å²) in [5.74, 6) is 0.259. The van der Waals surface area contributed by atoms with Gasteiger partial charge in [-0.05, 0) is 43.3 Å². The largest absolute Gasteiger partial charge is 0.496 e. The number of fused-ring (bicyclic) bond motifs is 1. The van der Waals surface area contributed by atoms with Gasteiger partial charge in [0.2, 0.25) is 0 Å². The Labute approximate surface area is 162 Å². The van der Waals surface area contributed by atoms with E-state index in [1.807, 2.05) is 54.6 Å². The van der Waals surface area contributed by atoms with Crippen LogP contribution in [0.4, 0.5) is 0 Å². The molecule has 0 saturated carbocycles. The van der Waals surface area contributed by atoms with Crippen LogP contribution in [0.25, 0.3) is 28.0 Å². The number of nitrogens with zero attached hydrogens (tertiary/aromatic N) is 3. The van der Waals surface area contributed by atoms with Crippen LogP contribution in [0.5, 0.6) is 5.75 Å². The first-order chi connectivity index (χ1) is 13.7. The van der Waals surface area contributed by atoms with Crippen LogP contribution in [-0.2, 0) is 4.74 Å². The zero-order valence-electron chi connectivity index (χ0n) is 15.6. The monoisotopic (exact) mass is 373 g/mol. The summed E-state index contributed by atoms with van der Waals surface area (Å²) in [4.78, 5) is 17.0. The van der Waals surface area contributed by atoms with Crippen LogP contribution < -0.4 is 4.74 Å². The molecule has 6 nitrogen and oxygen atoms in total. The molecule has 0 amide bonds. The van der Waals surface area contributed by atoms with Crippen molar-refractivity contribution in [1.29, 1.82) is 0 Å². The lowest BCUT2D eigenvalue weighted by atomic mass is 10.0. The Morgan fingerprint density at radius 3 is 2.71 bits per heavy atom. The Morgan fingerprint density at radius 1 is 1.11 bits per heavy atom. The molecule has 28 heavy (non-hydrogen) atoms. The highest BCUT2D eigenvalue weighted by Crippen LogP contribution is 2.35. The predicted octanol–water partition coefficient (Wildman–Crippen LogP) is 4.25. The van der Waals surface area contributed by atoms with Gasteiger partial charge in [-0.1, -0.05) is 18.2 Å². The number of esters is 1. The van der Waals surface area contributed by atoms with Crippen molar-refractivity contribution in [2.24, 2.45) is 0 Å². The molecule has 0 atom stereocenters. The number of benzene rings is 1. The Hall–Kier alpha value is -3.67. The van der Waals surface area contributed by atoms with Gasteiger partial charge in [-0.3, -0.25) is 4.98 Å². The Kier molecular flexibility index (Phi) is 4.76. The van der Waals surface area contributed by atoms with Crippen molar-refractivity contribution in [1.82, 2.24) is 14.6 Å². The highest BCUT2D eigenvalue weighted by atomic mass is 16.5. The average Bonchev–Trinajstić information content (AvgIpc) is 3.14. The van der Waals surface area contributed by atoms with E-state index < -0.39 is 5.97 Å². The molecule has 3 heterocycles. The quantitative estimate of drug-likeness (QED) is 0.489. The highest BCUT2D eigenvalue weighted by Gasteiger charge is 2.23. The van der Waals surface area contributed by atoms with Crippen LogP contribution in [-0.4, -0.2) is 34.3 Å². The fourth-order valence-corrected chi connectivity index (χ4v) is 3.18. The number of ether oxygens (including phenoxy) is 2. The number of carbonyl (C=O) groups is 1. The van der Waals surface area contributed by atoms with Crippen molar-refractivity contribution in [3.63, 3.8) is 0 Å². The summed E-state index contributed by atoms with van der Waals surface area (Å²) in [5, 5.41) is 4.61. The van der Waals surface area contributed by atoms with E-state index in [1.165, 1.54) is 0 Å². The second-order valence-corrected chi connectivity index (χ2v) is 6.10. The normalized spacial score (nSPS) is 10.8. The molecule has 140 valence electrons. The lowest BCUT2D eigenvalue weighted by molar-refractivity contribution is 0.0529. The molecule has 4 aromatic rings. The number of hydrogen-bond acceptors (Lipinski definition) is 5. The number of carbonyl (C=O) groups excluding carboxylic acids is 1. The second kappa shape index (κ2) is 7.52. The Morgan fingerprint density at radius 2 is 1.96 bits per heavy atom. The van der Waals surface area contributed by atoms with E-state index in [2.05, 4.69) is 10.1 Å². The van der Waals surface area contributed by atoms with Crippen molar-refractivity contribution in [2.75, 3.05) is 13.7 Å². The van der Waals surface area contributed by atoms with Crippen LogP contribution in [0.1, 0.15) is 17.3 Å². The van der Waals surface area contributed by atoms with E-state index in [0.717, 1.165) is 16.8 Å². The molecule has 0 spiro atoms. The molecule has 0 unspecified atom stereocenters. The summed E-state index contributed by atoms with van der Waals surface area (Å²) < 4.78 is 12.5. The number of rotatable bonds is 5. The zero-order chi connectivity index (χ0) is 19.5. The summed E-state index contributed by atoms with van der Waals surface area (Å²) in [5.41, 5.74) is 4.14. The summed E-state index contributed by atoms with van der Waals surface area (Å²) in [6, 6.07) is 17.0. The van der Waals surface area contributed by atoms with E-state index >= 15 is 0 Å². The van der Waals surface area contributed by atoms with Crippen LogP contribution >= 0.6 is 0 Å². The van der Waals surface area contributed by atoms with E-state index in [-0.39, 0.29) is 0 Å². The third kappa shape index (κ3) is 3.09. The number of hydrogen-bond donors (Lipinski definition) is 0. The van der Waals surface area contributed by atoms with Gasteiger partial charge in [-0.25, -0.2) is 9.31 Å². The van der Waals surface area contributed by atoms with Gasteiger partial charge in [-0.15, -0.1) is 0 Å². The molecule has 6 heteroatoms. The Balaban J connectivity index is 1.88. The minimum atomic E-state index is -0.397. The standard InChI is InChI=1S/C22H19N3O3/c1-3-28-22(26)20-18-9-5-7-13-25(18)24-21(20)15-10-11-16(19(14-15)27-2)17-8-4-6-12-23-17/h4-14H,3H2,1-2H3. The van der Waals surface area contributed by atoms with Gasteiger partial charge in [0.25, 0.3) is 0 Å². The van der Waals surface area contributed by atoms with Gasteiger partial charge in [0.05, 0.1) is 24.9 Å². The van der Waals surface area contributed by atoms with Crippen LogP contribution in [0.2, 0.25) is 0 Å². The molecule has 0 N–H and O–H groups in total. The molecule has 0 aliphatic rings. The van der Waals surface area contributed by atoms with E-state index in [4.69, 9.17) is 9.47 Å². The molecular weight excluding hydrogens is 354 g/mol. The molecule has 0 fully saturated rings. The number of pyridine rings is 2. The summed E-state index contributed by atoms with van der Waals surface area (Å²) in [6.07, 6.45) is 3.55. The van der Waals surface area contributed by atoms with Gasteiger partial charge in [0.15, 0.2) is 0 Å². The summed E-state index contributed by atoms with van der Waals surface area (Å²) in [7, 11) is 1.61. The number of methoxy groups -OCH3 is 1. The fourth-order valence-electron chi connectivity index (χ4n) is 3.18. The van der Waals surface area contributed by atoms with E-state index in [9.17, 15) is 4.79 Å². The first-order valence-corrected chi connectivity index (χ1v) is 8.97. The molecule has 0 radical (unpaired) electrons. The first-order valence-electron chi connectivity index (χ1n) is 8.97. The molecule has 0 aliphatic heterocycles. The molecule has 3 aromatic heterocycles. The highest BCUT2D eigenvalue weighted by molar-refractivity contribution is 6.03. The molecule has 4 rings (SSSR count). The smallest absolute Gasteiger partial charge is 0.342 e. The van der Waals surface area contributed by atoms with Crippen molar-refractivity contribution in [3.8, 4) is 28.3 Å². The van der Waals surface area contributed by atoms with Gasteiger partial charge < -0.3 is 9.47 Å². The third-order valence-electron chi connectivity index (χ3n) is 4.44. The number of aromatic nitrogens is 3. The van der Waals surface area contributed by atoms with Crippen molar-refractivity contribution < 1.29 is 14.3 Å². The lowest BCUT2D eigenvalue weighted by Gasteiger charge is -2.10. The maximum absolute atomic E-state index is 12.6. The maximum atomic E-state index is 12.6. The van der Waals surface area contributed by atoms with E-state index in [1.54, 1.807) is 30.9 Å². The SMILES string of the molecule is CCOC(=O)c1c(-c2ccc(-c3ccccn3)c(OC)c2)nn2ccccc12. The first kappa shape index (κ1) is 17.7. The molecular formula is C22H19N3O3. The van der Waals surface area contributed by atoms with Crippen molar-refractivity contribution in [3.05, 3.63) is 72.6 Å².